The molecule has 3 N–H and O–H groups in total. The minimum atomic E-state index is -4.12. The van der Waals surface area contributed by atoms with Crippen molar-refractivity contribution < 1.29 is 22.2 Å². The summed E-state index contributed by atoms with van der Waals surface area (Å²) in [5.41, 5.74) is 5.90. The molecule has 9 nitrogen and oxygen atoms in total. The van der Waals surface area contributed by atoms with Gasteiger partial charge in [-0.3, -0.25) is 5.41 Å². The molecule has 23 heavy (non-hydrogen) atoms. The van der Waals surface area contributed by atoms with Crippen LogP contribution in [0.4, 0.5) is 5.82 Å². The van der Waals surface area contributed by atoms with Gasteiger partial charge in [0, 0.05) is 13.0 Å². The maximum absolute atomic E-state index is 12.1. The van der Waals surface area contributed by atoms with Crippen molar-refractivity contribution in [2.24, 2.45) is 0 Å². The van der Waals surface area contributed by atoms with Gasteiger partial charge in [-0.25, -0.2) is 4.79 Å². The van der Waals surface area contributed by atoms with Crippen LogP contribution in [0.15, 0.2) is 35.2 Å². The molecule has 0 saturated heterocycles. The third kappa shape index (κ3) is 3.86. The lowest BCUT2D eigenvalue weighted by molar-refractivity contribution is -0.141. The van der Waals surface area contributed by atoms with Crippen molar-refractivity contribution in [3.63, 3.8) is 0 Å². The third-order valence-electron chi connectivity index (χ3n) is 2.64. The predicted octanol–water partition coefficient (Wildman–Crippen LogP) is -0.00401. The molecule has 0 fully saturated rings. The summed E-state index contributed by atoms with van der Waals surface area (Å²) in [4.78, 5) is 19.1. The number of hydrogen-bond donors (Lipinski definition) is 2. The Labute approximate surface area is 131 Å². The first-order valence-electron chi connectivity index (χ1n) is 6.33. The highest BCUT2D eigenvalue weighted by molar-refractivity contribution is 7.87. The Morgan fingerprint density at radius 1 is 1.30 bits per heavy atom. The molecule has 10 heteroatoms. The van der Waals surface area contributed by atoms with E-state index in [4.69, 9.17) is 15.3 Å². The smallest absolute Gasteiger partial charge is 0.340 e. The van der Waals surface area contributed by atoms with E-state index in [1.807, 2.05) is 6.92 Å². The summed E-state index contributed by atoms with van der Waals surface area (Å²) >= 11 is 0. The van der Waals surface area contributed by atoms with Crippen LogP contribution >= 0.6 is 0 Å². The van der Waals surface area contributed by atoms with Crippen LogP contribution in [0.1, 0.15) is 12.5 Å². The minimum absolute atomic E-state index is 0.0632. The van der Waals surface area contributed by atoms with Crippen molar-refractivity contribution in [2.75, 3.05) is 5.73 Å². The first-order chi connectivity index (χ1) is 10.7. The number of carbonyl (C=O) groups is 1. The van der Waals surface area contributed by atoms with Gasteiger partial charge in [-0.15, -0.1) is 4.73 Å². The second-order valence-electron chi connectivity index (χ2n) is 4.57. The summed E-state index contributed by atoms with van der Waals surface area (Å²) in [6.45, 7) is 2.94. The summed E-state index contributed by atoms with van der Waals surface area (Å²) in [6, 6.07) is 7.04. The second kappa shape index (κ2) is 6.08. The highest BCUT2D eigenvalue weighted by Crippen LogP contribution is 2.17. The molecule has 0 aliphatic heterocycles. The molecule has 0 saturated carbocycles. The van der Waals surface area contributed by atoms with E-state index in [1.54, 1.807) is 12.1 Å². The molecule has 1 heterocycles. The van der Waals surface area contributed by atoms with Crippen LogP contribution in [-0.4, -0.2) is 24.1 Å². The average molecular weight is 338 g/mol. The number of anilines is 1. The Hall–Kier alpha value is -2.88. The lowest BCUT2D eigenvalue weighted by atomic mass is 10.2. The number of aromatic nitrogens is 2. The summed E-state index contributed by atoms with van der Waals surface area (Å²) in [5.74, 6) is -1.33. The van der Waals surface area contributed by atoms with Gasteiger partial charge in [0.2, 0.25) is 5.88 Å². The number of benzene rings is 1. The van der Waals surface area contributed by atoms with Gasteiger partial charge in [0.05, 0.1) is 0 Å². The van der Waals surface area contributed by atoms with Gasteiger partial charge in [-0.1, -0.05) is 17.7 Å². The number of nitrogen functional groups attached to an aromatic ring is 1. The molecule has 0 unspecified atom stereocenters. The maximum Gasteiger partial charge on any atom is 0.340 e. The highest BCUT2D eigenvalue weighted by atomic mass is 32.2. The van der Waals surface area contributed by atoms with Crippen LogP contribution in [0, 0.1) is 12.3 Å². The van der Waals surface area contributed by atoms with Crippen LogP contribution in [0.5, 0.6) is 5.88 Å². The van der Waals surface area contributed by atoms with Crippen LogP contribution in [0.25, 0.3) is 0 Å². The lowest BCUT2D eigenvalue weighted by Crippen LogP contribution is -2.33. The Balaban J connectivity index is 2.35. The molecule has 2 rings (SSSR count). The number of aryl methyl sites for hydroxylation is 1. The quantitative estimate of drug-likeness (QED) is 0.748. The van der Waals surface area contributed by atoms with Gasteiger partial charge in [0.25, 0.3) is 5.62 Å². The van der Waals surface area contributed by atoms with Crippen LogP contribution in [0.3, 0.4) is 0 Å². The van der Waals surface area contributed by atoms with Crippen molar-refractivity contribution in [3.05, 3.63) is 41.5 Å². The molecule has 122 valence electrons. The van der Waals surface area contributed by atoms with E-state index in [2.05, 4.69) is 9.82 Å². The Bertz CT molecular complexity index is 903. The highest BCUT2D eigenvalue weighted by Gasteiger charge is 2.18. The number of nitrogens with one attached hydrogen (secondary N) is 1. The van der Waals surface area contributed by atoms with E-state index in [9.17, 15) is 13.2 Å². The molecule has 0 amide bonds. The molecular weight excluding hydrogens is 324 g/mol. The summed E-state index contributed by atoms with van der Waals surface area (Å²) in [5, 5.41) is 7.61. The third-order valence-corrected chi connectivity index (χ3v) is 3.88. The van der Waals surface area contributed by atoms with E-state index in [1.165, 1.54) is 12.1 Å². The van der Waals surface area contributed by atoms with Gasteiger partial charge in [0.1, 0.15) is 10.7 Å². The number of nitrogens with zero attached hydrogens (tertiary/aromatic N) is 2. The monoisotopic (exact) mass is 338 g/mol. The van der Waals surface area contributed by atoms with Gasteiger partial charge in [0.15, 0.2) is 0 Å². The number of carbonyl (C=O) groups excluding carboxylic acids is 1. The van der Waals surface area contributed by atoms with Crippen LogP contribution < -0.4 is 20.4 Å². The van der Waals surface area contributed by atoms with E-state index in [0.29, 0.717) is 4.73 Å². The van der Waals surface area contributed by atoms with Gasteiger partial charge in [-0.2, -0.15) is 13.4 Å². The summed E-state index contributed by atoms with van der Waals surface area (Å²) < 4.78 is 29.8. The first-order valence-corrected chi connectivity index (χ1v) is 7.74. The second-order valence-corrected chi connectivity index (χ2v) is 6.12. The predicted molar refractivity (Wildman–Crippen MR) is 78.7 cm³/mol. The largest absolute Gasteiger partial charge is 0.382 e. The fourth-order valence-electron chi connectivity index (χ4n) is 1.62. The van der Waals surface area contributed by atoms with Crippen molar-refractivity contribution in [1.29, 1.82) is 5.41 Å². The Morgan fingerprint density at radius 3 is 2.43 bits per heavy atom. The fraction of sp³-hybridized carbons (Fsp3) is 0.154. The molecule has 2 aromatic rings. The molecule has 0 spiro atoms. The SMILES string of the molecule is CC(=O)On1c(N)cc(OS(=O)(=O)c2ccc(C)cc2)nc1=N. The zero-order valence-electron chi connectivity index (χ0n) is 12.3. The topological polar surface area (TPSA) is 137 Å². The molecular formula is C13H14N4O5S. The number of nitrogens with two attached hydrogens (primary N) is 1. The van der Waals surface area contributed by atoms with E-state index < -0.39 is 27.6 Å². The standard InChI is InChI=1S/C13H14N4O5S/c1-8-3-5-10(6-4-8)23(19,20)22-12-7-11(14)17(13(15)16-12)21-9(2)18/h3-7,15H,14H2,1-2H3. The molecule has 0 radical (unpaired) electrons. The van der Waals surface area contributed by atoms with Crippen LogP contribution in [0.2, 0.25) is 0 Å². The normalized spacial score (nSPS) is 11.0. The maximum atomic E-state index is 12.1. The molecule has 0 aliphatic rings. The molecule has 0 aliphatic carbocycles. The van der Waals surface area contributed by atoms with Crippen molar-refractivity contribution in [3.8, 4) is 5.88 Å². The average Bonchev–Trinajstić information content (AvgIpc) is 2.42. The Morgan fingerprint density at radius 2 is 1.91 bits per heavy atom. The lowest BCUT2D eigenvalue weighted by Gasteiger charge is -2.10. The van der Waals surface area contributed by atoms with Crippen molar-refractivity contribution in [2.45, 2.75) is 18.7 Å². The van der Waals surface area contributed by atoms with Crippen LogP contribution in [-0.2, 0) is 14.9 Å². The number of rotatable bonds is 4. The van der Waals surface area contributed by atoms with Crippen molar-refractivity contribution >= 4 is 21.9 Å². The zero-order chi connectivity index (χ0) is 17.2. The van der Waals surface area contributed by atoms with E-state index >= 15 is 0 Å². The summed E-state index contributed by atoms with van der Waals surface area (Å²) in [6.07, 6.45) is 0. The van der Waals surface area contributed by atoms with Gasteiger partial charge < -0.3 is 14.8 Å². The van der Waals surface area contributed by atoms with E-state index in [-0.39, 0.29) is 10.7 Å². The molecule has 0 bridgehead atoms. The van der Waals surface area contributed by atoms with Gasteiger partial charge >= 0.3 is 16.1 Å². The molecule has 1 aromatic heterocycles. The molecule has 0 atom stereocenters. The summed E-state index contributed by atoms with van der Waals surface area (Å²) in [7, 11) is -4.12. The van der Waals surface area contributed by atoms with E-state index in [0.717, 1.165) is 18.6 Å². The fourth-order valence-corrected chi connectivity index (χ4v) is 2.50. The van der Waals surface area contributed by atoms with Gasteiger partial charge in [-0.05, 0) is 19.1 Å². The zero-order valence-corrected chi connectivity index (χ0v) is 13.1. The first kappa shape index (κ1) is 16.5. The number of hydrogen-bond acceptors (Lipinski definition) is 8. The molecule has 1 aromatic carbocycles. The minimum Gasteiger partial charge on any atom is -0.382 e. The Kier molecular flexibility index (Phi) is 4.36. The van der Waals surface area contributed by atoms with Crippen molar-refractivity contribution in [1.82, 2.24) is 9.71 Å².